The Morgan fingerprint density at radius 2 is 2.03 bits per heavy atom. The van der Waals surface area contributed by atoms with E-state index < -0.39 is 5.25 Å². The van der Waals surface area contributed by atoms with Crippen molar-refractivity contribution in [3.05, 3.63) is 54.6 Å². The monoisotopic (exact) mass is 491 g/mol. The number of amides is 1. The second-order valence-corrected chi connectivity index (χ2v) is 9.58. The van der Waals surface area contributed by atoms with Crippen molar-refractivity contribution in [3.63, 3.8) is 0 Å². The van der Waals surface area contributed by atoms with Crippen molar-refractivity contribution in [1.29, 1.82) is 5.26 Å². The first-order valence-electron chi connectivity index (χ1n) is 11.7. The molecule has 0 N–H and O–H groups in total. The Morgan fingerprint density at radius 1 is 1.26 bits per heavy atom. The van der Waals surface area contributed by atoms with Crippen molar-refractivity contribution in [2.24, 2.45) is 0 Å². The van der Waals surface area contributed by atoms with Crippen LogP contribution in [-0.4, -0.2) is 52.3 Å². The number of rotatable bonds is 10. The quantitative estimate of drug-likeness (QED) is 0.384. The van der Waals surface area contributed by atoms with Crippen molar-refractivity contribution in [2.45, 2.75) is 49.2 Å². The second kappa shape index (κ2) is 11.9. The van der Waals surface area contributed by atoms with E-state index in [1.165, 1.54) is 11.8 Å². The Labute approximate surface area is 209 Å². The van der Waals surface area contributed by atoms with E-state index in [1.807, 2.05) is 66.1 Å². The van der Waals surface area contributed by atoms with E-state index in [2.05, 4.69) is 16.3 Å². The molecule has 2 heterocycles. The molecule has 1 amide bonds. The molecule has 2 atom stereocenters. The molecule has 182 valence electrons. The number of thioether (sulfide) groups is 1. The number of ether oxygens (including phenoxy) is 2. The highest BCUT2D eigenvalue weighted by Crippen LogP contribution is 2.31. The third kappa shape index (κ3) is 6.02. The molecule has 0 aliphatic carbocycles. The Kier molecular flexibility index (Phi) is 8.40. The Balaban J connectivity index is 1.59. The Morgan fingerprint density at radius 3 is 2.69 bits per heavy atom. The van der Waals surface area contributed by atoms with Crippen molar-refractivity contribution in [3.8, 4) is 23.2 Å². The number of nitriles is 1. The molecule has 1 aliphatic rings. The van der Waals surface area contributed by atoms with Gasteiger partial charge in [-0.1, -0.05) is 30.0 Å². The largest absolute Gasteiger partial charge is 0.497 e. The molecule has 4 rings (SSSR count). The number of carbonyl (C=O) groups excluding carboxylic acids is 1. The summed E-state index contributed by atoms with van der Waals surface area (Å²) in [6.45, 7) is 3.58. The number of para-hydroxylation sites is 1. The van der Waals surface area contributed by atoms with E-state index in [9.17, 15) is 4.79 Å². The van der Waals surface area contributed by atoms with Gasteiger partial charge in [0.1, 0.15) is 5.75 Å². The summed E-state index contributed by atoms with van der Waals surface area (Å²) < 4.78 is 13.2. The predicted octanol–water partition coefficient (Wildman–Crippen LogP) is 4.56. The SMILES string of the molecule is COc1ccc(-c2nnc(SC(C)C(=O)N(CCC#N)c3ccccc3)n2CC2CCCO2)cc1. The Hall–Kier alpha value is -3.35. The van der Waals surface area contributed by atoms with E-state index in [-0.39, 0.29) is 18.4 Å². The van der Waals surface area contributed by atoms with E-state index in [0.29, 0.717) is 18.2 Å². The molecule has 1 aliphatic heterocycles. The third-order valence-corrected chi connectivity index (χ3v) is 6.95. The summed E-state index contributed by atoms with van der Waals surface area (Å²) >= 11 is 1.38. The van der Waals surface area contributed by atoms with Gasteiger partial charge in [0.25, 0.3) is 0 Å². The molecule has 0 spiro atoms. The van der Waals surface area contributed by atoms with Crippen LogP contribution in [0.2, 0.25) is 0 Å². The van der Waals surface area contributed by atoms with Crippen LogP contribution in [0.5, 0.6) is 5.75 Å². The zero-order valence-electron chi connectivity index (χ0n) is 20.0. The number of anilines is 1. The van der Waals surface area contributed by atoms with Gasteiger partial charge in [-0.3, -0.25) is 9.36 Å². The molecule has 0 saturated carbocycles. The minimum absolute atomic E-state index is 0.0749. The molecular weight excluding hydrogens is 462 g/mol. The zero-order chi connectivity index (χ0) is 24.6. The highest BCUT2D eigenvalue weighted by atomic mass is 32.2. The fourth-order valence-electron chi connectivity index (χ4n) is 4.05. The molecule has 1 fully saturated rings. The van der Waals surface area contributed by atoms with Crippen LogP contribution in [0.4, 0.5) is 5.69 Å². The number of benzene rings is 2. The van der Waals surface area contributed by atoms with Crippen LogP contribution in [0, 0.1) is 11.3 Å². The first kappa shape index (κ1) is 24.8. The maximum Gasteiger partial charge on any atom is 0.240 e. The summed E-state index contributed by atoms with van der Waals surface area (Å²) in [5.41, 5.74) is 1.70. The van der Waals surface area contributed by atoms with Crippen LogP contribution in [0.1, 0.15) is 26.2 Å². The second-order valence-electron chi connectivity index (χ2n) is 8.27. The lowest BCUT2D eigenvalue weighted by Crippen LogP contribution is -2.37. The van der Waals surface area contributed by atoms with Crippen LogP contribution in [-0.2, 0) is 16.1 Å². The lowest BCUT2D eigenvalue weighted by Gasteiger charge is -2.25. The van der Waals surface area contributed by atoms with Gasteiger partial charge < -0.3 is 14.4 Å². The van der Waals surface area contributed by atoms with Crippen molar-refractivity contribution >= 4 is 23.4 Å². The summed E-state index contributed by atoms with van der Waals surface area (Å²) in [6, 6.07) is 19.3. The van der Waals surface area contributed by atoms with E-state index in [4.69, 9.17) is 14.7 Å². The molecule has 0 radical (unpaired) electrons. The average molecular weight is 492 g/mol. The van der Waals surface area contributed by atoms with Gasteiger partial charge in [-0.15, -0.1) is 10.2 Å². The third-order valence-electron chi connectivity index (χ3n) is 5.89. The fraction of sp³-hybridized carbons (Fsp3) is 0.385. The normalized spacial score (nSPS) is 16.0. The number of hydrogen-bond donors (Lipinski definition) is 0. The summed E-state index contributed by atoms with van der Waals surface area (Å²) in [4.78, 5) is 15.1. The van der Waals surface area contributed by atoms with Crippen LogP contribution < -0.4 is 9.64 Å². The highest BCUT2D eigenvalue weighted by molar-refractivity contribution is 8.00. The molecule has 9 heteroatoms. The summed E-state index contributed by atoms with van der Waals surface area (Å²) in [6.07, 6.45) is 2.36. The molecule has 3 aromatic rings. The van der Waals surface area contributed by atoms with Gasteiger partial charge in [-0.05, 0) is 56.2 Å². The highest BCUT2D eigenvalue weighted by Gasteiger charge is 2.27. The molecule has 2 aromatic carbocycles. The minimum Gasteiger partial charge on any atom is -0.497 e. The standard InChI is InChI=1S/C26H29N5O3S/c1-19(25(32)30(16-7-15-27)21-8-4-3-5-9-21)35-26-29-28-24(20-11-13-22(33-2)14-12-20)31(26)18-23-10-6-17-34-23/h3-5,8-9,11-14,19,23H,6-7,10,16-18H2,1-2H3. The van der Waals surface area contributed by atoms with Crippen LogP contribution in [0.15, 0.2) is 59.8 Å². The van der Waals surface area contributed by atoms with Gasteiger partial charge in [0.05, 0.1) is 37.5 Å². The van der Waals surface area contributed by atoms with Gasteiger partial charge in [0.2, 0.25) is 5.91 Å². The molecule has 0 bridgehead atoms. The van der Waals surface area contributed by atoms with E-state index in [0.717, 1.165) is 42.3 Å². The number of aromatic nitrogens is 3. The van der Waals surface area contributed by atoms with Crippen molar-refractivity contribution in [1.82, 2.24) is 14.8 Å². The smallest absolute Gasteiger partial charge is 0.240 e. The molecule has 1 aromatic heterocycles. The maximum absolute atomic E-state index is 13.5. The van der Waals surface area contributed by atoms with Crippen molar-refractivity contribution < 1.29 is 14.3 Å². The van der Waals surface area contributed by atoms with Crippen LogP contribution >= 0.6 is 11.8 Å². The average Bonchev–Trinajstić information content (AvgIpc) is 3.55. The minimum atomic E-state index is -0.426. The number of nitrogens with zero attached hydrogens (tertiary/aromatic N) is 5. The van der Waals surface area contributed by atoms with Gasteiger partial charge >= 0.3 is 0 Å². The maximum atomic E-state index is 13.5. The van der Waals surface area contributed by atoms with E-state index >= 15 is 0 Å². The van der Waals surface area contributed by atoms with Crippen LogP contribution in [0.25, 0.3) is 11.4 Å². The van der Waals surface area contributed by atoms with Crippen molar-refractivity contribution in [2.75, 3.05) is 25.2 Å². The fourth-order valence-corrected chi connectivity index (χ4v) is 4.97. The molecular formula is C26H29N5O3S. The number of carbonyl (C=O) groups is 1. The number of hydrogen-bond acceptors (Lipinski definition) is 7. The topological polar surface area (TPSA) is 93.3 Å². The summed E-state index contributed by atoms with van der Waals surface area (Å²) in [5.74, 6) is 1.43. The van der Waals surface area contributed by atoms with Gasteiger partial charge in [0.15, 0.2) is 11.0 Å². The first-order chi connectivity index (χ1) is 17.1. The van der Waals surface area contributed by atoms with E-state index in [1.54, 1.807) is 12.0 Å². The zero-order valence-corrected chi connectivity index (χ0v) is 20.8. The lowest BCUT2D eigenvalue weighted by atomic mass is 10.2. The summed E-state index contributed by atoms with van der Waals surface area (Å²) in [5, 5.41) is 18.3. The van der Waals surface area contributed by atoms with Gasteiger partial charge in [0, 0.05) is 24.4 Å². The first-order valence-corrected chi connectivity index (χ1v) is 12.6. The molecule has 1 saturated heterocycles. The molecule has 2 unspecified atom stereocenters. The molecule has 35 heavy (non-hydrogen) atoms. The van der Waals surface area contributed by atoms with Gasteiger partial charge in [-0.2, -0.15) is 5.26 Å². The lowest BCUT2D eigenvalue weighted by molar-refractivity contribution is -0.117. The predicted molar refractivity (Wildman–Crippen MR) is 135 cm³/mol. The van der Waals surface area contributed by atoms with Gasteiger partial charge in [-0.25, -0.2) is 0 Å². The summed E-state index contributed by atoms with van der Waals surface area (Å²) in [7, 11) is 1.64. The molecule has 8 nitrogen and oxygen atoms in total. The number of methoxy groups -OCH3 is 1. The van der Waals surface area contributed by atoms with Crippen LogP contribution in [0.3, 0.4) is 0 Å². The Bertz CT molecular complexity index is 1150.